The van der Waals surface area contributed by atoms with Crippen LogP contribution in [0.5, 0.6) is 0 Å². The molecule has 2 heterocycles. The molecule has 0 aliphatic carbocycles. The van der Waals surface area contributed by atoms with Crippen molar-refractivity contribution in [3.05, 3.63) is 40.2 Å². The monoisotopic (exact) mass is 303 g/mol. The van der Waals surface area contributed by atoms with Crippen LogP contribution in [0.2, 0.25) is 0 Å². The molecule has 1 aromatic heterocycles. The number of non-ortho nitro benzene ring substituents is 1. The summed E-state index contributed by atoms with van der Waals surface area (Å²) in [6.45, 7) is 2.80. The number of nitro benzene ring substituents is 1. The van der Waals surface area contributed by atoms with Crippen LogP contribution in [0.15, 0.2) is 24.4 Å². The van der Waals surface area contributed by atoms with Crippen LogP contribution in [0.4, 0.5) is 11.4 Å². The quantitative estimate of drug-likeness (QED) is 0.688. The molecule has 2 aromatic rings. The predicted molar refractivity (Wildman–Crippen MR) is 87.1 cm³/mol. The lowest BCUT2D eigenvalue weighted by molar-refractivity contribution is -0.383. The molecule has 0 radical (unpaired) electrons. The van der Waals surface area contributed by atoms with Gasteiger partial charge in [0.2, 0.25) is 0 Å². The topological polar surface area (TPSA) is 68.1 Å². The molecule has 1 fully saturated rings. The second kappa shape index (κ2) is 5.89. The number of fused-ring (bicyclic) bond motifs is 1. The van der Waals surface area contributed by atoms with Crippen molar-refractivity contribution < 1.29 is 4.92 Å². The van der Waals surface area contributed by atoms with Gasteiger partial charge in [-0.3, -0.25) is 15.1 Å². The number of aryl methyl sites for hydroxylation is 1. The number of hydrogen-bond acceptors (Lipinski definition) is 5. The van der Waals surface area contributed by atoms with Crippen molar-refractivity contribution in [2.75, 3.05) is 17.6 Å². The molecule has 1 saturated heterocycles. The Hall–Kier alpha value is -1.82. The zero-order valence-electron chi connectivity index (χ0n) is 11.8. The smallest absolute Gasteiger partial charge is 0.278 e. The molecule has 5 nitrogen and oxygen atoms in total. The van der Waals surface area contributed by atoms with Crippen LogP contribution in [-0.2, 0) is 0 Å². The minimum atomic E-state index is -0.351. The van der Waals surface area contributed by atoms with Crippen molar-refractivity contribution in [1.82, 2.24) is 4.98 Å². The fourth-order valence-electron chi connectivity index (χ4n) is 2.67. The third-order valence-electron chi connectivity index (χ3n) is 3.76. The van der Waals surface area contributed by atoms with Gasteiger partial charge in [-0.1, -0.05) is 0 Å². The number of nitrogens with one attached hydrogen (secondary N) is 1. The summed E-state index contributed by atoms with van der Waals surface area (Å²) in [6, 6.07) is 5.27. The Morgan fingerprint density at radius 1 is 1.48 bits per heavy atom. The fourth-order valence-corrected chi connectivity index (χ4v) is 3.87. The number of aromatic nitrogens is 1. The standard InChI is InChI=1S/C15H17N3O2S/c1-10-7-12-13(9-16-10)15(18(19)20)5-4-14(12)17-8-11-3-2-6-21-11/h4-5,7,9,11,17H,2-3,6,8H2,1H3. The Balaban J connectivity index is 1.96. The zero-order valence-corrected chi connectivity index (χ0v) is 12.7. The molecule has 1 aliphatic rings. The highest BCUT2D eigenvalue weighted by atomic mass is 32.2. The second-order valence-electron chi connectivity index (χ2n) is 5.28. The molecule has 3 rings (SSSR count). The van der Waals surface area contributed by atoms with Gasteiger partial charge in [0.05, 0.1) is 10.3 Å². The Kier molecular flexibility index (Phi) is 3.96. The maximum Gasteiger partial charge on any atom is 0.278 e. The van der Waals surface area contributed by atoms with Crippen LogP contribution in [-0.4, -0.2) is 27.5 Å². The van der Waals surface area contributed by atoms with Gasteiger partial charge in [-0.15, -0.1) is 0 Å². The first-order valence-corrected chi connectivity index (χ1v) is 8.09. The molecule has 1 unspecified atom stereocenters. The van der Waals surface area contributed by atoms with Crippen LogP contribution >= 0.6 is 11.8 Å². The molecule has 110 valence electrons. The second-order valence-corrected chi connectivity index (χ2v) is 6.68. The molecule has 0 amide bonds. The van der Waals surface area contributed by atoms with E-state index in [0.717, 1.165) is 23.3 Å². The summed E-state index contributed by atoms with van der Waals surface area (Å²) >= 11 is 2.00. The highest BCUT2D eigenvalue weighted by Crippen LogP contribution is 2.32. The average Bonchev–Trinajstić information content (AvgIpc) is 2.97. The van der Waals surface area contributed by atoms with E-state index in [9.17, 15) is 10.1 Å². The van der Waals surface area contributed by atoms with Crippen LogP contribution < -0.4 is 5.32 Å². The summed E-state index contributed by atoms with van der Waals surface area (Å²) < 4.78 is 0. The summed E-state index contributed by atoms with van der Waals surface area (Å²) in [5.41, 5.74) is 1.92. The summed E-state index contributed by atoms with van der Waals surface area (Å²) in [7, 11) is 0. The van der Waals surface area contributed by atoms with Gasteiger partial charge in [-0.05, 0) is 37.7 Å². The van der Waals surface area contributed by atoms with Gasteiger partial charge in [-0.2, -0.15) is 11.8 Å². The molecule has 1 N–H and O–H groups in total. The van der Waals surface area contributed by atoms with Crippen molar-refractivity contribution in [3.8, 4) is 0 Å². The lowest BCUT2D eigenvalue weighted by Gasteiger charge is -2.13. The van der Waals surface area contributed by atoms with Gasteiger partial charge in [0, 0.05) is 40.8 Å². The van der Waals surface area contributed by atoms with Gasteiger partial charge in [-0.25, -0.2) is 0 Å². The number of benzene rings is 1. The number of nitrogens with zero attached hydrogens (tertiary/aromatic N) is 2. The fraction of sp³-hybridized carbons (Fsp3) is 0.400. The molecule has 1 atom stereocenters. The Labute approximate surface area is 127 Å². The Morgan fingerprint density at radius 2 is 2.33 bits per heavy atom. The third kappa shape index (κ3) is 2.95. The number of rotatable bonds is 4. The van der Waals surface area contributed by atoms with E-state index in [4.69, 9.17) is 0 Å². The van der Waals surface area contributed by atoms with E-state index < -0.39 is 0 Å². The SMILES string of the molecule is Cc1cc2c(NCC3CCCS3)ccc([N+](=O)[O-])c2cn1. The van der Waals surface area contributed by atoms with Crippen LogP contribution in [0.25, 0.3) is 10.8 Å². The van der Waals surface area contributed by atoms with Crippen molar-refractivity contribution in [1.29, 1.82) is 0 Å². The number of hydrogen-bond donors (Lipinski definition) is 1. The van der Waals surface area contributed by atoms with E-state index in [1.54, 1.807) is 18.3 Å². The summed E-state index contributed by atoms with van der Waals surface area (Å²) in [6.07, 6.45) is 4.11. The molecule has 6 heteroatoms. The first-order chi connectivity index (χ1) is 10.1. The first-order valence-electron chi connectivity index (χ1n) is 7.04. The molecule has 1 aromatic carbocycles. The van der Waals surface area contributed by atoms with Crippen molar-refractivity contribution in [2.24, 2.45) is 0 Å². The van der Waals surface area contributed by atoms with E-state index in [-0.39, 0.29) is 10.6 Å². The minimum absolute atomic E-state index is 0.110. The van der Waals surface area contributed by atoms with Crippen molar-refractivity contribution in [2.45, 2.75) is 25.0 Å². The lowest BCUT2D eigenvalue weighted by Crippen LogP contribution is -2.13. The van der Waals surface area contributed by atoms with Gasteiger partial charge in [0.15, 0.2) is 0 Å². The average molecular weight is 303 g/mol. The van der Waals surface area contributed by atoms with Crippen LogP contribution in [0.1, 0.15) is 18.5 Å². The summed E-state index contributed by atoms with van der Waals surface area (Å²) in [4.78, 5) is 15.0. The minimum Gasteiger partial charge on any atom is -0.383 e. The Morgan fingerprint density at radius 3 is 3.05 bits per heavy atom. The maximum absolute atomic E-state index is 11.1. The zero-order chi connectivity index (χ0) is 14.8. The first kappa shape index (κ1) is 14.1. The molecule has 1 aliphatic heterocycles. The van der Waals surface area contributed by atoms with E-state index in [1.165, 1.54) is 18.6 Å². The Bertz CT molecular complexity index is 684. The van der Waals surface area contributed by atoms with E-state index in [1.807, 2.05) is 24.8 Å². The van der Waals surface area contributed by atoms with Gasteiger partial charge >= 0.3 is 0 Å². The number of anilines is 1. The van der Waals surface area contributed by atoms with Gasteiger partial charge in [0.25, 0.3) is 5.69 Å². The summed E-state index contributed by atoms with van der Waals surface area (Å²) in [5.74, 6) is 1.23. The molecule has 0 spiro atoms. The van der Waals surface area contributed by atoms with Crippen molar-refractivity contribution in [3.63, 3.8) is 0 Å². The highest BCUT2D eigenvalue weighted by molar-refractivity contribution is 8.00. The van der Waals surface area contributed by atoms with Crippen LogP contribution in [0.3, 0.4) is 0 Å². The summed E-state index contributed by atoms with van der Waals surface area (Å²) in [5, 5.41) is 16.7. The van der Waals surface area contributed by atoms with Gasteiger partial charge in [0.1, 0.15) is 0 Å². The van der Waals surface area contributed by atoms with Crippen molar-refractivity contribution >= 4 is 33.9 Å². The molecule has 21 heavy (non-hydrogen) atoms. The van der Waals surface area contributed by atoms with E-state index >= 15 is 0 Å². The highest BCUT2D eigenvalue weighted by Gasteiger charge is 2.18. The maximum atomic E-state index is 11.1. The molecular formula is C15H17N3O2S. The molecule has 0 bridgehead atoms. The number of thioether (sulfide) groups is 1. The van der Waals surface area contributed by atoms with Gasteiger partial charge < -0.3 is 5.32 Å². The normalized spacial score (nSPS) is 18.0. The van der Waals surface area contributed by atoms with Crippen LogP contribution in [0, 0.1) is 17.0 Å². The number of nitro groups is 1. The number of pyridine rings is 1. The van der Waals surface area contributed by atoms with E-state index in [2.05, 4.69) is 10.3 Å². The lowest BCUT2D eigenvalue weighted by atomic mass is 10.1. The third-order valence-corrected chi connectivity index (χ3v) is 5.15. The molecule has 0 saturated carbocycles. The molecular weight excluding hydrogens is 286 g/mol. The van der Waals surface area contributed by atoms with E-state index in [0.29, 0.717) is 10.6 Å². The largest absolute Gasteiger partial charge is 0.383 e. The predicted octanol–water partition coefficient (Wildman–Crippen LogP) is 3.76.